The average Bonchev–Trinajstić information content (AvgIpc) is 1.85. The summed E-state index contributed by atoms with van der Waals surface area (Å²) in [6, 6.07) is 0. The van der Waals surface area contributed by atoms with E-state index in [9.17, 15) is 0 Å². The van der Waals surface area contributed by atoms with Gasteiger partial charge in [0.2, 0.25) is 0 Å². The molecule has 0 N–H and O–H groups in total. The Morgan fingerprint density at radius 2 is 2.00 bits per heavy atom. The van der Waals surface area contributed by atoms with Crippen LogP contribution in [-0.2, 0) is 32.7 Å². The van der Waals surface area contributed by atoms with Crippen LogP contribution in [0.1, 0.15) is 46.5 Å². The van der Waals surface area contributed by atoms with E-state index in [2.05, 4.69) is 20.8 Å². The molecule has 0 bridgehead atoms. The summed E-state index contributed by atoms with van der Waals surface area (Å²) in [4.78, 5) is 0. The molecule has 1 rings (SSSR count). The molecule has 0 nitrogen and oxygen atoms in total. The largest absolute Gasteiger partial charge is 0.316 e. The second-order valence-electron chi connectivity index (χ2n) is 3.98. The summed E-state index contributed by atoms with van der Waals surface area (Å²) >= 11 is 0. The first-order chi connectivity index (χ1) is 4.72. The van der Waals surface area contributed by atoms with E-state index < -0.39 is 0 Å². The molecule has 11 heavy (non-hydrogen) atoms. The van der Waals surface area contributed by atoms with E-state index in [1.54, 1.807) is 5.92 Å². The third-order valence-electron chi connectivity index (χ3n) is 2.65. The van der Waals surface area contributed by atoms with Gasteiger partial charge in [-0.2, -0.15) is 19.8 Å². The quantitative estimate of drug-likeness (QED) is 0.603. The first-order valence-corrected chi connectivity index (χ1v) is 4.53. The molecule has 0 aliphatic heterocycles. The average molecular weight is 228 g/mol. The van der Waals surface area contributed by atoms with Crippen LogP contribution in [0.2, 0.25) is 0 Å². The summed E-state index contributed by atoms with van der Waals surface area (Å²) in [7, 11) is 0. The molecule has 0 aromatic carbocycles. The molecule has 63 valence electrons. The predicted octanol–water partition coefficient (Wildman–Crippen LogP) is 3.42. The van der Waals surface area contributed by atoms with Crippen LogP contribution in [0.15, 0.2) is 0 Å². The van der Waals surface area contributed by atoms with Crippen LogP contribution in [0.3, 0.4) is 0 Å². The Labute approximate surface area is 96.4 Å². The Hall–Kier alpha value is 1.10. The monoisotopic (exact) mass is 228 g/mol. The standard InChI is InChI=1S/C10H19.Y/c1-4-10-6-8(2)5-9(3)7-10;/h8,10H,4-7H2,1-3H3;/q-1;. The van der Waals surface area contributed by atoms with E-state index >= 15 is 0 Å². The van der Waals surface area contributed by atoms with E-state index in [4.69, 9.17) is 0 Å². The van der Waals surface area contributed by atoms with Crippen molar-refractivity contribution in [2.75, 3.05) is 0 Å². The third kappa shape index (κ3) is 4.03. The minimum atomic E-state index is 0. The molecule has 0 heterocycles. The van der Waals surface area contributed by atoms with Gasteiger partial charge < -0.3 is 5.92 Å². The Balaban J connectivity index is 0.000001000. The summed E-state index contributed by atoms with van der Waals surface area (Å²) in [5.74, 6) is 3.69. The molecular formula is C10H19Y-. The fourth-order valence-electron chi connectivity index (χ4n) is 2.22. The molecule has 0 saturated heterocycles. The molecule has 0 amide bonds. The van der Waals surface area contributed by atoms with Crippen LogP contribution < -0.4 is 0 Å². The van der Waals surface area contributed by atoms with Crippen molar-refractivity contribution >= 4 is 0 Å². The molecule has 1 heteroatoms. The third-order valence-corrected chi connectivity index (χ3v) is 2.65. The van der Waals surface area contributed by atoms with Gasteiger partial charge in [0, 0.05) is 32.7 Å². The van der Waals surface area contributed by atoms with Gasteiger partial charge in [0.1, 0.15) is 0 Å². The van der Waals surface area contributed by atoms with Crippen molar-refractivity contribution in [2.24, 2.45) is 11.8 Å². The van der Waals surface area contributed by atoms with E-state index in [-0.39, 0.29) is 32.7 Å². The zero-order valence-electron chi connectivity index (χ0n) is 8.06. The fourth-order valence-corrected chi connectivity index (χ4v) is 2.22. The van der Waals surface area contributed by atoms with E-state index in [1.165, 1.54) is 25.7 Å². The van der Waals surface area contributed by atoms with Crippen molar-refractivity contribution < 1.29 is 32.7 Å². The van der Waals surface area contributed by atoms with Gasteiger partial charge >= 0.3 is 0 Å². The minimum absolute atomic E-state index is 0. The van der Waals surface area contributed by atoms with Gasteiger partial charge in [0.25, 0.3) is 0 Å². The van der Waals surface area contributed by atoms with Gasteiger partial charge in [-0.15, -0.1) is 0 Å². The van der Waals surface area contributed by atoms with Crippen molar-refractivity contribution in [3.05, 3.63) is 5.92 Å². The molecule has 1 aliphatic rings. The van der Waals surface area contributed by atoms with Crippen molar-refractivity contribution in [2.45, 2.75) is 46.5 Å². The van der Waals surface area contributed by atoms with Crippen molar-refractivity contribution in [1.29, 1.82) is 0 Å². The van der Waals surface area contributed by atoms with Gasteiger partial charge in [0.05, 0.1) is 0 Å². The smallest absolute Gasteiger partial charge is 0 e. The molecule has 0 aromatic heterocycles. The molecule has 1 radical (unpaired) electrons. The van der Waals surface area contributed by atoms with Crippen LogP contribution in [0, 0.1) is 17.8 Å². The van der Waals surface area contributed by atoms with Gasteiger partial charge in [-0.25, -0.2) is 0 Å². The number of rotatable bonds is 1. The summed E-state index contributed by atoms with van der Waals surface area (Å²) in [6.45, 7) is 7.01. The van der Waals surface area contributed by atoms with Crippen LogP contribution in [0.5, 0.6) is 0 Å². The summed E-state index contributed by atoms with van der Waals surface area (Å²) < 4.78 is 0. The van der Waals surface area contributed by atoms with Crippen molar-refractivity contribution in [1.82, 2.24) is 0 Å². The van der Waals surface area contributed by atoms with Crippen molar-refractivity contribution in [3.63, 3.8) is 0 Å². The maximum atomic E-state index is 2.38. The Morgan fingerprint density at radius 3 is 2.45 bits per heavy atom. The predicted molar refractivity (Wildman–Crippen MR) is 45.7 cm³/mol. The van der Waals surface area contributed by atoms with Gasteiger partial charge in [-0.05, 0) is 0 Å². The second kappa shape index (κ2) is 5.70. The first kappa shape index (κ1) is 12.1. The Bertz CT molecular complexity index is 91.0. The molecule has 0 spiro atoms. The van der Waals surface area contributed by atoms with Gasteiger partial charge in [-0.3, -0.25) is 0 Å². The van der Waals surface area contributed by atoms with E-state index in [1.807, 2.05) is 0 Å². The topological polar surface area (TPSA) is 0 Å². The molecule has 2 unspecified atom stereocenters. The van der Waals surface area contributed by atoms with Gasteiger partial charge in [0.15, 0.2) is 0 Å². The molecular weight excluding hydrogens is 209 g/mol. The molecule has 1 aliphatic carbocycles. The van der Waals surface area contributed by atoms with Crippen LogP contribution >= 0.6 is 0 Å². The fraction of sp³-hybridized carbons (Fsp3) is 0.900. The maximum absolute atomic E-state index is 2.38. The van der Waals surface area contributed by atoms with Crippen LogP contribution in [-0.4, -0.2) is 0 Å². The maximum Gasteiger partial charge on any atom is 0 e. The number of hydrogen-bond donors (Lipinski definition) is 0. The zero-order valence-corrected chi connectivity index (χ0v) is 10.9. The second-order valence-corrected chi connectivity index (χ2v) is 3.98. The van der Waals surface area contributed by atoms with Crippen LogP contribution in [0.4, 0.5) is 0 Å². The SMILES string of the molecule is CCC1C[C-](C)CC(C)C1.[Y]. The Morgan fingerprint density at radius 1 is 1.36 bits per heavy atom. The molecule has 1 saturated carbocycles. The summed E-state index contributed by atoms with van der Waals surface area (Å²) in [5.41, 5.74) is 0. The van der Waals surface area contributed by atoms with Crippen molar-refractivity contribution in [3.8, 4) is 0 Å². The van der Waals surface area contributed by atoms with E-state index in [0.717, 1.165) is 11.8 Å². The first-order valence-electron chi connectivity index (χ1n) is 4.53. The van der Waals surface area contributed by atoms with Gasteiger partial charge in [-0.1, -0.05) is 38.5 Å². The molecule has 1 fully saturated rings. The minimum Gasteiger partial charge on any atom is -0.316 e. The summed E-state index contributed by atoms with van der Waals surface area (Å²) in [6.07, 6.45) is 5.63. The zero-order chi connectivity index (χ0) is 7.56. The molecule has 0 aromatic rings. The number of hydrogen-bond acceptors (Lipinski definition) is 0. The summed E-state index contributed by atoms with van der Waals surface area (Å²) in [5, 5.41) is 0. The van der Waals surface area contributed by atoms with Crippen LogP contribution in [0.25, 0.3) is 0 Å². The van der Waals surface area contributed by atoms with E-state index in [0.29, 0.717) is 0 Å². The normalized spacial score (nSPS) is 33.0. The Kier molecular flexibility index (Phi) is 6.27. The molecule has 2 atom stereocenters.